The van der Waals surface area contributed by atoms with Crippen LogP contribution in [-0.2, 0) is 9.53 Å². The van der Waals surface area contributed by atoms with E-state index in [0.717, 1.165) is 49.0 Å². The van der Waals surface area contributed by atoms with E-state index in [4.69, 9.17) is 20.9 Å². The molecule has 28 heavy (non-hydrogen) atoms. The lowest BCUT2D eigenvalue weighted by Crippen LogP contribution is -2.38. The minimum Gasteiger partial charge on any atom is -0.397 e. The van der Waals surface area contributed by atoms with Gasteiger partial charge >= 0.3 is 0 Å². The average Bonchev–Trinajstić information content (AvgIpc) is 2.74. The van der Waals surface area contributed by atoms with Crippen molar-refractivity contribution in [1.82, 2.24) is 9.97 Å². The van der Waals surface area contributed by atoms with Gasteiger partial charge in [0.2, 0.25) is 5.91 Å². The van der Waals surface area contributed by atoms with Gasteiger partial charge in [-0.25, -0.2) is 4.98 Å². The second-order valence-electron chi connectivity index (χ2n) is 6.95. The zero-order chi connectivity index (χ0) is 19.5. The molecule has 2 fully saturated rings. The summed E-state index contributed by atoms with van der Waals surface area (Å²) in [6, 6.07) is 3.88. The highest BCUT2D eigenvalue weighted by Crippen LogP contribution is 2.34. The maximum absolute atomic E-state index is 12.6. The molecule has 8 nitrogen and oxygen atoms in total. The van der Waals surface area contributed by atoms with Crippen LogP contribution in [0.4, 0.5) is 11.5 Å². The fourth-order valence-corrected chi connectivity index (χ4v) is 3.74. The lowest BCUT2D eigenvalue weighted by molar-refractivity contribution is -0.119. The number of hydrogen-bond acceptors (Lipinski definition) is 7. The van der Waals surface area contributed by atoms with Crippen LogP contribution in [0.15, 0.2) is 24.4 Å². The van der Waals surface area contributed by atoms with Crippen LogP contribution in [0.2, 0.25) is 0 Å². The van der Waals surface area contributed by atoms with Crippen molar-refractivity contribution in [2.45, 2.75) is 19.3 Å². The van der Waals surface area contributed by atoms with Crippen molar-refractivity contribution >= 4 is 40.2 Å². The summed E-state index contributed by atoms with van der Waals surface area (Å²) in [5.41, 5.74) is 8.55. The zero-order valence-electron chi connectivity index (χ0n) is 15.7. The maximum atomic E-state index is 12.6. The molecule has 2 aromatic heterocycles. The number of nitrogens with zero attached hydrogens (tertiary/aromatic N) is 4. The van der Waals surface area contributed by atoms with Crippen LogP contribution in [-0.4, -0.2) is 54.9 Å². The zero-order valence-corrected chi connectivity index (χ0v) is 15.7. The first-order chi connectivity index (χ1) is 13.7. The summed E-state index contributed by atoms with van der Waals surface area (Å²) in [5, 5.41) is 8.16. The summed E-state index contributed by atoms with van der Waals surface area (Å²) < 4.78 is 5.47. The van der Waals surface area contributed by atoms with Crippen molar-refractivity contribution in [3.63, 3.8) is 0 Å². The van der Waals surface area contributed by atoms with Gasteiger partial charge in [0.05, 0.1) is 24.6 Å². The largest absolute Gasteiger partial charge is 0.397 e. The molecule has 2 aliphatic rings. The molecule has 0 bridgehead atoms. The maximum Gasteiger partial charge on any atom is 0.226 e. The van der Waals surface area contributed by atoms with Crippen LogP contribution < -0.4 is 15.5 Å². The van der Waals surface area contributed by atoms with Gasteiger partial charge in [-0.1, -0.05) is 0 Å². The second kappa shape index (κ2) is 7.93. The third kappa shape index (κ3) is 3.43. The Morgan fingerprint density at radius 2 is 2.07 bits per heavy atom. The Kier molecular flexibility index (Phi) is 5.21. The van der Waals surface area contributed by atoms with E-state index in [2.05, 4.69) is 9.88 Å². The van der Waals surface area contributed by atoms with Crippen LogP contribution in [0.5, 0.6) is 0 Å². The van der Waals surface area contributed by atoms with Crippen LogP contribution in [0.3, 0.4) is 0 Å². The fraction of sp³-hybridized carbons (Fsp3) is 0.400. The molecule has 0 atom stereocenters. The first-order valence-corrected chi connectivity index (χ1v) is 9.58. The minimum atomic E-state index is 0.132. The number of ether oxygens (including phenoxy) is 1. The topological polar surface area (TPSA) is 108 Å². The Morgan fingerprint density at radius 3 is 2.82 bits per heavy atom. The molecule has 8 heteroatoms. The summed E-state index contributed by atoms with van der Waals surface area (Å²) in [6.07, 6.45) is 6.78. The number of carbonyl (C=O) groups excluding carboxylic acids is 1. The smallest absolute Gasteiger partial charge is 0.226 e. The number of carbonyl (C=O) groups is 1. The van der Waals surface area contributed by atoms with Gasteiger partial charge in [-0.15, -0.1) is 0 Å². The number of pyridine rings is 2. The number of aromatic nitrogens is 2. The number of allylic oxidation sites excluding steroid dienone is 1. The Bertz CT molecular complexity index is 936. The number of nitrogens with one attached hydrogen (secondary N) is 1. The average molecular weight is 380 g/mol. The molecular formula is C20H24N6O2. The van der Waals surface area contributed by atoms with E-state index in [-0.39, 0.29) is 5.91 Å². The van der Waals surface area contributed by atoms with Crippen LogP contribution in [0, 0.1) is 5.41 Å². The highest BCUT2D eigenvalue weighted by Gasteiger charge is 2.25. The summed E-state index contributed by atoms with van der Waals surface area (Å²) in [5.74, 6) is 0.925. The van der Waals surface area contributed by atoms with Crippen LogP contribution in [0.25, 0.3) is 16.6 Å². The van der Waals surface area contributed by atoms with E-state index < -0.39 is 0 Å². The highest BCUT2D eigenvalue weighted by atomic mass is 16.5. The Balaban J connectivity index is 1.92. The number of rotatable bonds is 4. The van der Waals surface area contributed by atoms with Gasteiger partial charge in [-0.05, 0) is 25.0 Å². The molecule has 4 rings (SSSR count). The van der Waals surface area contributed by atoms with Crippen molar-refractivity contribution in [2.75, 3.05) is 42.6 Å². The van der Waals surface area contributed by atoms with E-state index in [0.29, 0.717) is 43.1 Å². The molecule has 0 unspecified atom stereocenters. The molecule has 2 saturated heterocycles. The van der Waals surface area contributed by atoms with Gasteiger partial charge in [0, 0.05) is 49.9 Å². The predicted octanol–water partition coefficient (Wildman–Crippen LogP) is 1.93. The van der Waals surface area contributed by atoms with Gasteiger partial charge in [-0.3, -0.25) is 9.78 Å². The molecule has 0 aromatic carbocycles. The van der Waals surface area contributed by atoms with Crippen molar-refractivity contribution in [2.24, 2.45) is 5.73 Å². The fourth-order valence-electron chi connectivity index (χ4n) is 3.74. The summed E-state index contributed by atoms with van der Waals surface area (Å²) in [7, 11) is 0. The number of nitrogens with two attached hydrogens (primary N) is 1. The number of amides is 1. The minimum absolute atomic E-state index is 0.132. The van der Waals surface area contributed by atoms with Crippen molar-refractivity contribution < 1.29 is 9.53 Å². The molecule has 1 amide bonds. The quantitative estimate of drug-likeness (QED) is 0.785. The molecule has 2 aromatic rings. The number of hydrogen-bond donors (Lipinski definition) is 2. The third-order valence-electron chi connectivity index (χ3n) is 5.18. The normalized spacial score (nSPS) is 18.6. The van der Waals surface area contributed by atoms with Crippen molar-refractivity contribution in [3.05, 3.63) is 30.1 Å². The van der Waals surface area contributed by atoms with Crippen LogP contribution in [0.1, 0.15) is 25.0 Å². The molecule has 3 N–H and O–H groups in total. The first kappa shape index (κ1) is 18.4. The van der Waals surface area contributed by atoms with Gasteiger partial charge < -0.3 is 25.7 Å². The van der Waals surface area contributed by atoms with Gasteiger partial charge in [0.25, 0.3) is 0 Å². The first-order valence-electron chi connectivity index (χ1n) is 9.58. The Morgan fingerprint density at radius 1 is 1.25 bits per heavy atom. The third-order valence-corrected chi connectivity index (χ3v) is 5.18. The molecular weight excluding hydrogens is 356 g/mol. The summed E-state index contributed by atoms with van der Waals surface area (Å²) in [6.45, 7) is 3.48. The molecule has 0 aliphatic carbocycles. The van der Waals surface area contributed by atoms with Crippen molar-refractivity contribution in [3.8, 4) is 0 Å². The molecule has 2 aliphatic heterocycles. The molecule has 0 spiro atoms. The standard InChI is InChI=1S/C20H24N6O2/c21-6-4-15(22)20-19-14(5-7-23-20)16(26-8-2-1-3-18(26)27)13-17(24-19)25-9-11-28-12-10-25/h4-7,13,21H,1-3,8-12,22H2/b15-4-,21-6?. The molecule has 146 valence electrons. The Hall–Kier alpha value is -3.00. The van der Waals surface area contributed by atoms with E-state index in [1.165, 1.54) is 6.08 Å². The van der Waals surface area contributed by atoms with Crippen LogP contribution >= 0.6 is 0 Å². The lowest BCUT2D eigenvalue weighted by atomic mass is 10.1. The number of piperidine rings is 1. The van der Waals surface area contributed by atoms with Gasteiger partial charge in [0.1, 0.15) is 17.0 Å². The Labute approximate surface area is 163 Å². The number of morpholine rings is 1. The SMILES string of the molecule is N=C/C=C(\N)c1nccc2c(N3CCCCC3=O)cc(N3CCOCC3)nc12. The van der Waals surface area contributed by atoms with E-state index >= 15 is 0 Å². The number of fused-ring (bicyclic) bond motifs is 1. The monoisotopic (exact) mass is 380 g/mol. The summed E-state index contributed by atoms with van der Waals surface area (Å²) in [4.78, 5) is 25.9. The van der Waals surface area contributed by atoms with Crippen molar-refractivity contribution in [1.29, 1.82) is 5.41 Å². The highest BCUT2D eigenvalue weighted by molar-refractivity contribution is 6.06. The number of anilines is 2. The summed E-state index contributed by atoms with van der Waals surface area (Å²) >= 11 is 0. The molecule has 4 heterocycles. The molecule has 0 saturated carbocycles. The lowest BCUT2D eigenvalue weighted by Gasteiger charge is -2.31. The van der Waals surface area contributed by atoms with Gasteiger partial charge in [-0.2, -0.15) is 0 Å². The van der Waals surface area contributed by atoms with Gasteiger partial charge in [0.15, 0.2) is 0 Å². The van der Waals surface area contributed by atoms with E-state index in [1.807, 2.05) is 17.0 Å². The predicted molar refractivity (Wildman–Crippen MR) is 110 cm³/mol. The van der Waals surface area contributed by atoms with E-state index in [1.54, 1.807) is 6.20 Å². The van der Waals surface area contributed by atoms with E-state index in [9.17, 15) is 4.79 Å². The molecule has 0 radical (unpaired) electrons. The second-order valence-corrected chi connectivity index (χ2v) is 6.95.